The van der Waals surface area contributed by atoms with Crippen LogP contribution in [0.4, 0.5) is 10.5 Å². The molecule has 0 aromatic carbocycles. The van der Waals surface area contributed by atoms with Crippen LogP contribution in [-0.4, -0.2) is 60.4 Å². The SMILES string of the molecule is COCCOC1=CC(N)CC=C1CNC(=O)N1CC2(CCCC2)c2nc(-c3cncnc3C(C)C)ccc21. The molecule has 3 heterocycles. The second-order valence-electron chi connectivity index (χ2n) is 10.8. The van der Waals surface area contributed by atoms with Crippen LogP contribution in [0, 0.1) is 0 Å². The maximum Gasteiger partial charge on any atom is 0.322 e. The van der Waals surface area contributed by atoms with Gasteiger partial charge in [-0.3, -0.25) is 4.90 Å². The van der Waals surface area contributed by atoms with E-state index >= 15 is 0 Å². The van der Waals surface area contributed by atoms with Crippen molar-refractivity contribution >= 4 is 11.7 Å². The number of nitrogens with zero attached hydrogens (tertiary/aromatic N) is 4. The van der Waals surface area contributed by atoms with Crippen LogP contribution in [0.3, 0.4) is 0 Å². The lowest BCUT2D eigenvalue weighted by Crippen LogP contribution is -2.43. The van der Waals surface area contributed by atoms with Gasteiger partial charge in [0.1, 0.15) is 18.7 Å². The molecule has 1 spiro atoms. The third kappa shape index (κ3) is 5.17. The summed E-state index contributed by atoms with van der Waals surface area (Å²) in [6.45, 7) is 6.19. The predicted octanol–water partition coefficient (Wildman–Crippen LogP) is 4.21. The number of hydrogen-bond acceptors (Lipinski definition) is 7. The van der Waals surface area contributed by atoms with E-state index in [-0.39, 0.29) is 23.4 Å². The molecule has 0 radical (unpaired) electrons. The molecule has 1 fully saturated rings. The van der Waals surface area contributed by atoms with Crippen molar-refractivity contribution in [1.82, 2.24) is 20.3 Å². The highest BCUT2D eigenvalue weighted by Crippen LogP contribution is 2.50. The Kier molecular flexibility index (Phi) is 7.76. The number of carbonyl (C=O) groups excluding carboxylic acids is 1. The summed E-state index contributed by atoms with van der Waals surface area (Å²) in [7, 11) is 1.64. The van der Waals surface area contributed by atoms with Gasteiger partial charge in [0.05, 0.1) is 29.4 Å². The monoisotopic (exact) mass is 518 g/mol. The van der Waals surface area contributed by atoms with Crippen LogP contribution in [-0.2, 0) is 14.9 Å². The number of ether oxygens (including phenoxy) is 2. The highest BCUT2D eigenvalue weighted by atomic mass is 16.5. The summed E-state index contributed by atoms with van der Waals surface area (Å²) in [6, 6.07) is 3.82. The number of nitrogens with one attached hydrogen (secondary N) is 1. The Morgan fingerprint density at radius 3 is 2.84 bits per heavy atom. The Balaban J connectivity index is 1.37. The van der Waals surface area contributed by atoms with E-state index < -0.39 is 0 Å². The number of methoxy groups -OCH3 is 1. The smallest absolute Gasteiger partial charge is 0.322 e. The molecule has 0 saturated heterocycles. The Morgan fingerprint density at radius 1 is 1.26 bits per heavy atom. The number of fused-ring (bicyclic) bond motifs is 2. The Labute approximate surface area is 224 Å². The lowest BCUT2D eigenvalue weighted by molar-refractivity contribution is 0.111. The van der Waals surface area contributed by atoms with Crippen molar-refractivity contribution in [2.24, 2.45) is 5.73 Å². The summed E-state index contributed by atoms with van der Waals surface area (Å²) in [6.07, 6.45) is 12.5. The van der Waals surface area contributed by atoms with Crippen molar-refractivity contribution in [1.29, 1.82) is 0 Å². The standard InChI is InChI=1S/C29H38N6O3/c1-19(2)26-22(16-31-18-33-26)23-8-9-24-27(34-23)29(10-4-5-11-29)17-35(24)28(36)32-15-20-6-7-21(30)14-25(20)38-13-12-37-3/h6,8-9,14,16,18-19,21H,4-5,7,10-13,15,17,30H2,1-3H3,(H,32,36). The average molecular weight is 519 g/mol. The fraction of sp³-hybridized carbons (Fsp3) is 0.517. The first-order valence-corrected chi connectivity index (χ1v) is 13.6. The number of nitrogens with two attached hydrogens (primary N) is 1. The number of pyridine rings is 1. The highest BCUT2D eigenvalue weighted by molar-refractivity contribution is 5.95. The van der Waals surface area contributed by atoms with Gasteiger partial charge in [-0.25, -0.2) is 19.7 Å². The molecule has 3 aliphatic rings. The topological polar surface area (TPSA) is 115 Å². The van der Waals surface area contributed by atoms with E-state index in [9.17, 15) is 4.79 Å². The summed E-state index contributed by atoms with van der Waals surface area (Å²) in [5, 5.41) is 3.13. The van der Waals surface area contributed by atoms with Crippen LogP contribution < -0.4 is 16.0 Å². The van der Waals surface area contributed by atoms with Crippen molar-refractivity contribution in [3.63, 3.8) is 0 Å². The Morgan fingerprint density at radius 2 is 2.08 bits per heavy atom. The zero-order chi connectivity index (χ0) is 26.7. The molecular formula is C29H38N6O3. The van der Waals surface area contributed by atoms with E-state index in [2.05, 4.69) is 29.1 Å². The second kappa shape index (κ2) is 11.2. The molecule has 1 atom stereocenters. The molecule has 1 unspecified atom stereocenters. The first kappa shape index (κ1) is 26.3. The molecule has 5 rings (SSSR count). The van der Waals surface area contributed by atoms with Gasteiger partial charge in [-0.15, -0.1) is 0 Å². The lowest BCUT2D eigenvalue weighted by atomic mass is 9.84. The summed E-state index contributed by atoms with van der Waals surface area (Å²) >= 11 is 0. The van der Waals surface area contributed by atoms with Gasteiger partial charge in [-0.2, -0.15) is 0 Å². The summed E-state index contributed by atoms with van der Waals surface area (Å²) in [5.74, 6) is 0.972. The van der Waals surface area contributed by atoms with Crippen LogP contribution in [0.2, 0.25) is 0 Å². The molecule has 0 bridgehead atoms. The van der Waals surface area contributed by atoms with Crippen molar-refractivity contribution in [3.05, 3.63) is 59.5 Å². The van der Waals surface area contributed by atoms with Crippen molar-refractivity contribution in [2.45, 2.75) is 63.3 Å². The molecule has 9 heteroatoms. The molecule has 2 aromatic heterocycles. The van der Waals surface area contributed by atoms with Crippen LogP contribution in [0.5, 0.6) is 0 Å². The maximum atomic E-state index is 13.6. The van der Waals surface area contributed by atoms with Gasteiger partial charge < -0.3 is 20.5 Å². The third-order valence-electron chi connectivity index (χ3n) is 7.79. The van der Waals surface area contributed by atoms with Crippen LogP contribution in [0.1, 0.15) is 63.3 Å². The molecule has 2 aromatic rings. The summed E-state index contributed by atoms with van der Waals surface area (Å²) < 4.78 is 11.0. The summed E-state index contributed by atoms with van der Waals surface area (Å²) in [4.78, 5) is 29.4. The molecule has 9 nitrogen and oxygen atoms in total. The first-order chi connectivity index (χ1) is 18.4. The van der Waals surface area contributed by atoms with Gasteiger partial charge in [0.15, 0.2) is 0 Å². The molecule has 2 aliphatic carbocycles. The minimum absolute atomic E-state index is 0.0915. The molecule has 1 saturated carbocycles. The predicted molar refractivity (Wildman–Crippen MR) is 147 cm³/mol. The number of urea groups is 1. The van der Waals surface area contributed by atoms with Crippen LogP contribution >= 0.6 is 0 Å². The zero-order valence-corrected chi connectivity index (χ0v) is 22.6. The quantitative estimate of drug-likeness (QED) is 0.503. The van der Waals surface area contributed by atoms with Crippen LogP contribution in [0.15, 0.2) is 48.1 Å². The van der Waals surface area contributed by atoms with Gasteiger partial charge in [0.2, 0.25) is 0 Å². The fourth-order valence-electron chi connectivity index (χ4n) is 5.85. The minimum Gasteiger partial charge on any atom is -0.491 e. The maximum absolute atomic E-state index is 13.6. The molecule has 3 N–H and O–H groups in total. The largest absolute Gasteiger partial charge is 0.491 e. The molecule has 1 aliphatic heterocycles. The molecule has 202 valence electrons. The number of hydrogen-bond donors (Lipinski definition) is 2. The normalized spacial score (nSPS) is 19.9. The van der Waals surface area contributed by atoms with Gasteiger partial charge >= 0.3 is 6.03 Å². The number of amides is 2. The number of aromatic nitrogens is 3. The number of carbonyl (C=O) groups is 1. The molecule has 38 heavy (non-hydrogen) atoms. The molecule has 2 amide bonds. The third-order valence-corrected chi connectivity index (χ3v) is 7.79. The minimum atomic E-state index is -0.123. The van der Waals surface area contributed by atoms with E-state index in [0.29, 0.717) is 38.5 Å². The van der Waals surface area contributed by atoms with E-state index in [1.54, 1.807) is 13.4 Å². The van der Waals surface area contributed by atoms with E-state index in [4.69, 9.17) is 20.2 Å². The molecular weight excluding hydrogens is 480 g/mol. The second-order valence-corrected chi connectivity index (χ2v) is 10.8. The fourth-order valence-corrected chi connectivity index (χ4v) is 5.85. The number of anilines is 1. The van der Waals surface area contributed by atoms with Gasteiger partial charge in [0.25, 0.3) is 0 Å². The van der Waals surface area contributed by atoms with E-state index in [0.717, 1.165) is 59.6 Å². The average Bonchev–Trinajstić information content (AvgIpc) is 3.53. The lowest BCUT2D eigenvalue weighted by Gasteiger charge is -2.25. The van der Waals surface area contributed by atoms with Crippen molar-refractivity contribution in [3.8, 4) is 11.3 Å². The highest BCUT2D eigenvalue weighted by Gasteiger charge is 2.48. The van der Waals surface area contributed by atoms with Gasteiger partial charge in [-0.05, 0) is 43.4 Å². The summed E-state index contributed by atoms with van der Waals surface area (Å²) in [5.41, 5.74) is 11.6. The van der Waals surface area contributed by atoms with Crippen LogP contribution in [0.25, 0.3) is 11.3 Å². The van der Waals surface area contributed by atoms with Gasteiger partial charge in [-0.1, -0.05) is 32.8 Å². The van der Waals surface area contributed by atoms with Gasteiger partial charge in [0, 0.05) is 49.0 Å². The van der Waals surface area contributed by atoms with Crippen molar-refractivity contribution in [2.75, 3.05) is 38.3 Å². The Hall–Kier alpha value is -3.30. The van der Waals surface area contributed by atoms with Crippen molar-refractivity contribution < 1.29 is 14.3 Å². The zero-order valence-electron chi connectivity index (χ0n) is 22.6. The number of rotatable bonds is 8. The Bertz CT molecular complexity index is 1230. The van der Waals surface area contributed by atoms with E-state index in [1.807, 2.05) is 35.4 Å². The first-order valence-electron chi connectivity index (χ1n) is 13.6. The van der Waals surface area contributed by atoms with E-state index in [1.165, 1.54) is 0 Å².